The molecule has 5 rings (SSSR count). The highest BCUT2D eigenvalue weighted by Crippen LogP contribution is 2.53. The molecule has 0 aromatic carbocycles. The van der Waals surface area contributed by atoms with Crippen LogP contribution in [0.1, 0.15) is 57.8 Å². The van der Waals surface area contributed by atoms with Gasteiger partial charge in [0.05, 0.1) is 6.10 Å². The Bertz CT molecular complexity index is 347. The molecule has 4 aliphatic carbocycles. The normalized spacial score (nSPS) is 45.8. The van der Waals surface area contributed by atoms with E-state index >= 15 is 0 Å². The van der Waals surface area contributed by atoms with Gasteiger partial charge in [0, 0.05) is 19.1 Å². The molecule has 112 valence electrons. The Balaban J connectivity index is 1.29. The maximum absolute atomic E-state index is 12.2. The first-order valence-electron chi connectivity index (χ1n) is 8.69. The van der Waals surface area contributed by atoms with Crippen LogP contribution in [0.25, 0.3) is 0 Å². The van der Waals surface area contributed by atoms with Crippen LogP contribution in [0.4, 0.5) is 0 Å². The fourth-order valence-corrected chi connectivity index (χ4v) is 5.58. The van der Waals surface area contributed by atoms with Gasteiger partial charge in [-0.25, -0.2) is 0 Å². The fourth-order valence-electron chi connectivity index (χ4n) is 5.58. The number of nitrogens with one attached hydrogen (secondary N) is 1. The second-order valence-electron chi connectivity index (χ2n) is 7.70. The van der Waals surface area contributed by atoms with E-state index in [9.17, 15) is 4.79 Å². The average Bonchev–Trinajstić information content (AvgIpc) is 2.93. The van der Waals surface area contributed by atoms with Gasteiger partial charge in [0.1, 0.15) is 0 Å². The monoisotopic (exact) mass is 277 g/mol. The summed E-state index contributed by atoms with van der Waals surface area (Å²) in [5.41, 5.74) is 0. The first kappa shape index (κ1) is 13.1. The maximum Gasteiger partial charge on any atom is 0.220 e. The molecule has 3 nitrogen and oxygen atoms in total. The van der Waals surface area contributed by atoms with Gasteiger partial charge in [-0.1, -0.05) is 0 Å². The van der Waals surface area contributed by atoms with Crippen molar-refractivity contribution in [2.24, 2.45) is 23.7 Å². The highest BCUT2D eigenvalue weighted by molar-refractivity contribution is 5.76. The number of ether oxygens (including phenoxy) is 1. The van der Waals surface area contributed by atoms with Gasteiger partial charge in [-0.2, -0.15) is 0 Å². The Morgan fingerprint density at radius 2 is 1.75 bits per heavy atom. The number of carbonyl (C=O) groups is 1. The molecule has 1 atom stereocenters. The summed E-state index contributed by atoms with van der Waals surface area (Å²) in [7, 11) is 0. The van der Waals surface area contributed by atoms with Crippen molar-refractivity contribution in [2.45, 2.75) is 69.9 Å². The zero-order valence-corrected chi connectivity index (χ0v) is 12.4. The summed E-state index contributed by atoms with van der Waals surface area (Å²) in [4.78, 5) is 12.2. The number of hydrogen-bond acceptors (Lipinski definition) is 2. The smallest absolute Gasteiger partial charge is 0.220 e. The first-order chi connectivity index (χ1) is 9.78. The minimum absolute atomic E-state index is 0.276. The summed E-state index contributed by atoms with van der Waals surface area (Å²) in [5, 5.41) is 3.39. The average molecular weight is 277 g/mol. The molecular weight excluding hydrogens is 250 g/mol. The van der Waals surface area contributed by atoms with E-state index in [1.54, 1.807) is 0 Å². The largest absolute Gasteiger partial charge is 0.378 e. The summed E-state index contributed by atoms with van der Waals surface area (Å²) < 4.78 is 5.61. The van der Waals surface area contributed by atoms with Gasteiger partial charge in [-0.05, 0) is 75.0 Å². The predicted octanol–water partition coefficient (Wildman–Crippen LogP) is 2.89. The predicted molar refractivity (Wildman–Crippen MR) is 77.2 cm³/mol. The van der Waals surface area contributed by atoms with Crippen molar-refractivity contribution < 1.29 is 9.53 Å². The lowest BCUT2D eigenvalue weighted by Crippen LogP contribution is -2.55. The van der Waals surface area contributed by atoms with Crippen molar-refractivity contribution in [1.82, 2.24) is 5.32 Å². The molecular formula is C17H27NO2. The van der Waals surface area contributed by atoms with E-state index in [4.69, 9.17) is 4.74 Å². The molecule has 1 unspecified atom stereocenters. The van der Waals surface area contributed by atoms with Crippen LogP contribution in [0.2, 0.25) is 0 Å². The van der Waals surface area contributed by atoms with Crippen molar-refractivity contribution in [3.8, 4) is 0 Å². The van der Waals surface area contributed by atoms with E-state index in [2.05, 4.69) is 5.32 Å². The van der Waals surface area contributed by atoms with Gasteiger partial charge in [-0.15, -0.1) is 0 Å². The fraction of sp³-hybridized carbons (Fsp3) is 0.941. The molecule has 1 heterocycles. The molecule has 4 bridgehead atoms. The summed E-state index contributed by atoms with van der Waals surface area (Å²) >= 11 is 0. The number of carbonyl (C=O) groups excluding carboxylic acids is 1. The van der Waals surface area contributed by atoms with Crippen LogP contribution in [0.3, 0.4) is 0 Å². The van der Waals surface area contributed by atoms with Crippen molar-refractivity contribution in [3.63, 3.8) is 0 Å². The van der Waals surface area contributed by atoms with Gasteiger partial charge >= 0.3 is 0 Å². The third kappa shape index (κ3) is 2.49. The molecule has 3 heteroatoms. The van der Waals surface area contributed by atoms with Crippen LogP contribution in [0.5, 0.6) is 0 Å². The van der Waals surface area contributed by atoms with Crippen molar-refractivity contribution in [2.75, 3.05) is 6.61 Å². The topological polar surface area (TPSA) is 38.3 Å². The Kier molecular flexibility index (Phi) is 3.49. The molecule has 5 aliphatic rings. The molecule has 0 aromatic heterocycles. The number of rotatable bonds is 4. The van der Waals surface area contributed by atoms with Gasteiger partial charge in [0.2, 0.25) is 5.91 Å². The molecule has 1 amide bonds. The molecule has 5 fully saturated rings. The van der Waals surface area contributed by atoms with E-state index in [-0.39, 0.29) is 5.91 Å². The molecule has 4 saturated carbocycles. The maximum atomic E-state index is 12.2. The van der Waals surface area contributed by atoms with Crippen molar-refractivity contribution >= 4 is 5.91 Å². The third-order valence-corrected chi connectivity index (χ3v) is 6.27. The SMILES string of the molecule is O=C(CCC1CCCO1)NC1C2CC3CC(C2)CC1C3. The molecule has 0 radical (unpaired) electrons. The lowest BCUT2D eigenvalue weighted by atomic mass is 9.54. The highest BCUT2D eigenvalue weighted by Gasteiger charge is 2.48. The molecule has 0 aromatic rings. The molecule has 1 N–H and O–H groups in total. The zero-order chi connectivity index (χ0) is 13.5. The van der Waals surface area contributed by atoms with E-state index < -0.39 is 0 Å². The lowest BCUT2D eigenvalue weighted by Gasteiger charge is -2.54. The second-order valence-corrected chi connectivity index (χ2v) is 7.70. The first-order valence-corrected chi connectivity index (χ1v) is 8.69. The lowest BCUT2D eigenvalue weighted by molar-refractivity contribution is -0.125. The van der Waals surface area contributed by atoms with E-state index in [0.29, 0.717) is 18.6 Å². The van der Waals surface area contributed by atoms with Crippen molar-refractivity contribution in [1.29, 1.82) is 0 Å². The molecule has 0 spiro atoms. The van der Waals surface area contributed by atoms with Crippen LogP contribution in [-0.4, -0.2) is 24.7 Å². The van der Waals surface area contributed by atoms with E-state index in [1.807, 2.05) is 0 Å². The number of amides is 1. The van der Waals surface area contributed by atoms with Crippen LogP contribution in [-0.2, 0) is 9.53 Å². The number of hydrogen-bond donors (Lipinski definition) is 1. The quantitative estimate of drug-likeness (QED) is 0.858. The van der Waals surface area contributed by atoms with E-state index in [0.717, 1.165) is 43.1 Å². The molecule has 1 aliphatic heterocycles. The van der Waals surface area contributed by atoms with Gasteiger partial charge in [0.15, 0.2) is 0 Å². The van der Waals surface area contributed by atoms with Gasteiger partial charge in [0.25, 0.3) is 0 Å². The highest BCUT2D eigenvalue weighted by atomic mass is 16.5. The standard InChI is InChI=1S/C17H27NO2/c19-16(4-3-15-2-1-5-20-15)18-17-13-7-11-6-12(9-13)10-14(17)8-11/h11-15,17H,1-10H2,(H,18,19). The van der Waals surface area contributed by atoms with Crippen LogP contribution in [0, 0.1) is 23.7 Å². The van der Waals surface area contributed by atoms with Gasteiger partial charge in [-0.3, -0.25) is 4.79 Å². The summed E-state index contributed by atoms with van der Waals surface area (Å²) in [5.74, 6) is 3.82. The third-order valence-electron chi connectivity index (χ3n) is 6.27. The molecule has 20 heavy (non-hydrogen) atoms. The van der Waals surface area contributed by atoms with Crippen LogP contribution < -0.4 is 5.32 Å². The Morgan fingerprint density at radius 3 is 2.35 bits per heavy atom. The van der Waals surface area contributed by atoms with Gasteiger partial charge < -0.3 is 10.1 Å². The van der Waals surface area contributed by atoms with Crippen LogP contribution >= 0.6 is 0 Å². The minimum Gasteiger partial charge on any atom is -0.378 e. The van der Waals surface area contributed by atoms with Crippen LogP contribution in [0.15, 0.2) is 0 Å². The van der Waals surface area contributed by atoms with E-state index in [1.165, 1.54) is 38.5 Å². The molecule has 1 saturated heterocycles. The van der Waals surface area contributed by atoms with Crippen molar-refractivity contribution in [3.05, 3.63) is 0 Å². The summed E-state index contributed by atoms with van der Waals surface area (Å²) in [6, 6.07) is 0.500. The zero-order valence-electron chi connectivity index (χ0n) is 12.4. The summed E-state index contributed by atoms with van der Waals surface area (Å²) in [6.45, 7) is 0.891. The minimum atomic E-state index is 0.276. The Labute approximate surface area is 121 Å². The second kappa shape index (κ2) is 5.32. The Morgan fingerprint density at radius 1 is 1.05 bits per heavy atom. The Hall–Kier alpha value is -0.570. The summed E-state index contributed by atoms with van der Waals surface area (Å²) in [6.07, 6.45) is 11.2.